The van der Waals surface area contributed by atoms with Gasteiger partial charge < -0.3 is 0 Å². The second-order valence-electron chi connectivity index (χ2n) is 5.91. The van der Waals surface area contributed by atoms with E-state index < -0.39 is 0 Å². The van der Waals surface area contributed by atoms with Crippen molar-refractivity contribution < 1.29 is 0 Å². The summed E-state index contributed by atoms with van der Waals surface area (Å²) in [5.74, 6) is 0. The number of hydrogen-bond donors (Lipinski definition) is 0. The largest absolute Gasteiger partial charge is 0.246 e. The van der Waals surface area contributed by atoms with Crippen LogP contribution in [0, 0.1) is 6.92 Å². The van der Waals surface area contributed by atoms with Crippen LogP contribution in [0.25, 0.3) is 0 Å². The zero-order valence-corrected chi connectivity index (χ0v) is 11.2. The molecule has 2 heteroatoms. The average molecular weight is 211 g/mol. The summed E-state index contributed by atoms with van der Waals surface area (Å²) >= 11 is 1.84. The molecule has 0 atom stereocenters. The van der Waals surface area contributed by atoms with Gasteiger partial charge in [0.25, 0.3) is 0 Å². The first-order valence-electron chi connectivity index (χ1n) is 5.11. The minimum Gasteiger partial charge on any atom is -0.246 e. The number of aryl methyl sites for hydroxylation is 1. The molecule has 0 bridgehead atoms. The number of nitrogens with zero attached hydrogens (tertiary/aromatic N) is 1. The SMILES string of the molecule is Cc1nc(C(C)(C)C)c(C(C)(C)C)s1. The van der Waals surface area contributed by atoms with Crippen molar-refractivity contribution in [2.45, 2.75) is 59.3 Å². The highest BCUT2D eigenvalue weighted by molar-refractivity contribution is 7.11. The van der Waals surface area contributed by atoms with Crippen LogP contribution in [0.5, 0.6) is 0 Å². The van der Waals surface area contributed by atoms with Gasteiger partial charge in [-0.2, -0.15) is 0 Å². The van der Waals surface area contributed by atoms with E-state index in [9.17, 15) is 0 Å². The van der Waals surface area contributed by atoms with Crippen molar-refractivity contribution in [1.29, 1.82) is 0 Å². The molecule has 0 fully saturated rings. The fraction of sp³-hybridized carbons (Fsp3) is 0.750. The molecule has 1 aromatic rings. The fourth-order valence-corrected chi connectivity index (χ4v) is 2.63. The van der Waals surface area contributed by atoms with Gasteiger partial charge in [-0.15, -0.1) is 11.3 Å². The minimum absolute atomic E-state index is 0.160. The van der Waals surface area contributed by atoms with E-state index in [0.717, 1.165) is 0 Å². The van der Waals surface area contributed by atoms with Crippen LogP contribution in [0.15, 0.2) is 0 Å². The van der Waals surface area contributed by atoms with E-state index in [4.69, 9.17) is 0 Å². The Hall–Kier alpha value is -0.370. The molecule has 0 aliphatic heterocycles. The Bertz CT molecular complexity index is 292. The van der Waals surface area contributed by atoms with Gasteiger partial charge in [0.1, 0.15) is 0 Å². The lowest BCUT2D eigenvalue weighted by Crippen LogP contribution is -2.20. The summed E-state index contributed by atoms with van der Waals surface area (Å²) < 4.78 is 0. The Morgan fingerprint density at radius 2 is 1.43 bits per heavy atom. The van der Waals surface area contributed by atoms with Crippen LogP contribution >= 0.6 is 11.3 Å². The molecule has 80 valence electrons. The Labute approximate surface area is 91.6 Å². The summed E-state index contributed by atoms with van der Waals surface area (Å²) in [5.41, 5.74) is 1.65. The summed E-state index contributed by atoms with van der Waals surface area (Å²) in [5, 5.41) is 1.18. The van der Waals surface area contributed by atoms with Crippen molar-refractivity contribution in [2.75, 3.05) is 0 Å². The first kappa shape index (κ1) is 11.7. The molecule has 0 saturated carbocycles. The summed E-state index contributed by atoms with van der Waals surface area (Å²) in [6, 6.07) is 0. The quantitative estimate of drug-likeness (QED) is 0.631. The highest BCUT2D eigenvalue weighted by Gasteiger charge is 2.28. The normalized spacial score (nSPS) is 13.4. The smallest absolute Gasteiger partial charge is 0.0900 e. The van der Waals surface area contributed by atoms with Crippen molar-refractivity contribution >= 4 is 11.3 Å². The van der Waals surface area contributed by atoms with Gasteiger partial charge in [0.2, 0.25) is 0 Å². The van der Waals surface area contributed by atoms with Crippen molar-refractivity contribution in [2.24, 2.45) is 0 Å². The topological polar surface area (TPSA) is 12.9 Å². The van der Waals surface area contributed by atoms with E-state index in [0.29, 0.717) is 0 Å². The van der Waals surface area contributed by atoms with Gasteiger partial charge in [-0.3, -0.25) is 0 Å². The van der Waals surface area contributed by atoms with Gasteiger partial charge in [-0.05, 0) is 12.3 Å². The maximum Gasteiger partial charge on any atom is 0.0900 e. The molecule has 1 aromatic heterocycles. The Morgan fingerprint density at radius 1 is 0.929 bits per heavy atom. The van der Waals surface area contributed by atoms with Gasteiger partial charge in [-0.25, -0.2) is 4.98 Å². The van der Waals surface area contributed by atoms with Crippen molar-refractivity contribution in [1.82, 2.24) is 4.98 Å². The van der Waals surface area contributed by atoms with Gasteiger partial charge in [0.15, 0.2) is 0 Å². The first-order valence-corrected chi connectivity index (χ1v) is 5.92. The van der Waals surface area contributed by atoms with E-state index in [-0.39, 0.29) is 10.8 Å². The third kappa shape index (κ3) is 2.35. The fourth-order valence-electron chi connectivity index (χ4n) is 1.44. The van der Waals surface area contributed by atoms with E-state index in [1.807, 2.05) is 11.3 Å². The zero-order valence-electron chi connectivity index (χ0n) is 10.4. The van der Waals surface area contributed by atoms with Gasteiger partial charge in [-0.1, -0.05) is 41.5 Å². The molecule has 0 radical (unpaired) electrons. The standard InChI is InChI=1S/C12H21NS/c1-8-13-9(11(2,3)4)10(14-8)12(5,6)7/h1-7H3. The molecule has 0 spiro atoms. The van der Waals surface area contributed by atoms with Crippen molar-refractivity contribution in [3.8, 4) is 0 Å². The zero-order chi connectivity index (χ0) is 11.1. The van der Waals surface area contributed by atoms with Gasteiger partial charge in [0, 0.05) is 10.3 Å². The predicted molar refractivity (Wildman–Crippen MR) is 64.3 cm³/mol. The third-order valence-corrected chi connectivity index (χ3v) is 3.52. The maximum atomic E-state index is 4.67. The maximum absolute atomic E-state index is 4.67. The van der Waals surface area contributed by atoms with Crippen molar-refractivity contribution in [3.05, 3.63) is 15.6 Å². The highest BCUT2D eigenvalue weighted by Crippen LogP contribution is 2.37. The van der Waals surface area contributed by atoms with Gasteiger partial charge in [0.05, 0.1) is 10.7 Å². The second-order valence-corrected chi connectivity index (χ2v) is 7.11. The molecule has 0 aromatic carbocycles. The lowest BCUT2D eigenvalue weighted by atomic mass is 9.84. The van der Waals surface area contributed by atoms with Crippen LogP contribution < -0.4 is 0 Å². The molecule has 0 saturated heterocycles. The number of rotatable bonds is 0. The van der Waals surface area contributed by atoms with E-state index in [2.05, 4.69) is 53.5 Å². The molecule has 0 aliphatic carbocycles. The molecule has 14 heavy (non-hydrogen) atoms. The average Bonchev–Trinajstić information content (AvgIpc) is 2.27. The summed E-state index contributed by atoms with van der Waals surface area (Å²) in [4.78, 5) is 6.10. The first-order chi connectivity index (χ1) is 6.12. The summed E-state index contributed by atoms with van der Waals surface area (Å²) in [6.45, 7) is 15.6. The molecule has 1 nitrogen and oxygen atoms in total. The number of hydrogen-bond acceptors (Lipinski definition) is 2. The summed E-state index contributed by atoms with van der Waals surface area (Å²) in [6.07, 6.45) is 0. The molecule has 0 unspecified atom stereocenters. The van der Waals surface area contributed by atoms with Crippen LogP contribution in [-0.4, -0.2) is 4.98 Å². The number of aromatic nitrogens is 1. The van der Waals surface area contributed by atoms with Crippen LogP contribution in [0.2, 0.25) is 0 Å². The van der Waals surface area contributed by atoms with E-state index in [1.54, 1.807) is 0 Å². The minimum atomic E-state index is 0.160. The highest BCUT2D eigenvalue weighted by atomic mass is 32.1. The Morgan fingerprint density at radius 3 is 1.71 bits per heavy atom. The third-order valence-electron chi connectivity index (χ3n) is 2.13. The van der Waals surface area contributed by atoms with Crippen LogP contribution in [0.1, 0.15) is 57.1 Å². The van der Waals surface area contributed by atoms with Crippen LogP contribution in [-0.2, 0) is 10.8 Å². The Kier molecular flexibility index (Phi) is 2.79. The van der Waals surface area contributed by atoms with Crippen LogP contribution in [0.3, 0.4) is 0 Å². The van der Waals surface area contributed by atoms with Crippen LogP contribution in [0.4, 0.5) is 0 Å². The lowest BCUT2D eigenvalue weighted by Gasteiger charge is -2.24. The molecule has 1 heterocycles. The van der Waals surface area contributed by atoms with Gasteiger partial charge >= 0.3 is 0 Å². The lowest BCUT2D eigenvalue weighted by molar-refractivity contribution is 0.526. The second kappa shape index (κ2) is 3.34. The molecule has 0 N–H and O–H groups in total. The number of thiazole rings is 1. The molecular weight excluding hydrogens is 190 g/mol. The van der Waals surface area contributed by atoms with E-state index in [1.165, 1.54) is 15.6 Å². The summed E-state index contributed by atoms with van der Waals surface area (Å²) in [7, 11) is 0. The Balaban J connectivity index is 3.31. The van der Waals surface area contributed by atoms with Crippen molar-refractivity contribution in [3.63, 3.8) is 0 Å². The molecule has 0 amide bonds. The molecular formula is C12H21NS. The molecule has 0 aliphatic rings. The van der Waals surface area contributed by atoms with E-state index >= 15 is 0 Å². The predicted octanol–water partition coefficient (Wildman–Crippen LogP) is 4.05. The molecule has 1 rings (SSSR count). The monoisotopic (exact) mass is 211 g/mol.